The van der Waals surface area contributed by atoms with E-state index in [2.05, 4.69) is 5.32 Å². The van der Waals surface area contributed by atoms with Gasteiger partial charge in [-0.2, -0.15) is 0 Å². The highest BCUT2D eigenvalue weighted by molar-refractivity contribution is 5.87. The first-order chi connectivity index (χ1) is 6.19. The second kappa shape index (κ2) is 3.94. The molecule has 0 aliphatic rings. The van der Waals surface area contributed by atoms with E-state index in [-0.39, 0.29) is 0 Å². The van der Waals surface area contributed by atoms with Crippen molar-refractivity contribution in [3.8, 4) is 0 Å². The van der Waals surface area contributed by atoms with Crippen molar-refractivity contribution in [2.24, 2.45) is 0 Å². The first-order valence-corrected chi connectivity index (χ1v) is 4.33. The van der Waals surface area contributed by atoms with Crippen LogP contribution >= 0.6 is 0 Å². The van der Waals surface area contributed by atoms with E-state index >= 15 is 0 Å². The largest absolute Gasteiger partial charge is 0.398 e. The SMILES string of the molecule is CCNc1cc(N)c(C)cc1C=N. The van der Waals surface area contributed by atoms with Gasteiger partial charge in [0.2, 0.25) is 0 Å². The lowest BCUT2D eigenvalue weighted by molar-refractivity contribution is 1.21. The van der Waals surface area contributed by atoms with E-state index in [0.717, 1.165) is 29.0 Å². The molecule has 4 N–H and O–H groups in total. The molecule has 1 rings (SSSR count). The van der Waals surface area contributed by atoms with Crippen LogP contribution in [-0.2, 0) is 0 Å². The van der Waals surface area contributed by atoms with Crippen LogP contribution in [0.15, 0.2) is 12.1 Å². The normalized spacial score (nSPS) is 9.69. The predicted octanol–water partition coefficient (Wildman–Crippen LogP) is 2.01. The van der Waals surface area contributed by atoms with E-state index in [9.17, 15) is 0 Å². The lowest BCUT2D eigenvalue weighted by atomic mass is 10.1. The molecule has 0 unspecified atom stereocenters. The molecule has 70 valence electrons. The first kappa shape index (κ1) is 9.58. The van der Waals surface area contributed by atoms with Gasteiger partial charge in [-0.25, -0.2) is 0 Å². The molecule has 1 aromatic carbocycles. The molecule has 0 aliphatic heterocycles. The third-order valence-corrected chi connectivity index (χ3v) is 1.96. The van der Waals surface area contributed by atoms with Crippen LogP contribution in [-0.4, -0.2) is 12.8 Å². The maximum Gasteiger partial charge on any atom is 0.0449 e. The van der Waals surface area contributed by atoms with Gasteiger partial charge >= 0.3 is 0 Å². The van der Waals surface area contributed by atoms with Crippen LogP contribution in [0.3, 0.4) is 0 Å². The number of nitrogens with two attached hydrogens (primary N) is 1. The summed E-state index contributed by atoms with van der Waals surface area (Å²) in [5.41, 5.74) is 9.35. The number of rotatable bonds is 3. The fourth-order valence-corrected chi connectivity index (χ4v) is 1.21. The summed E-state index contributed by atoms with van der Waals surface area (Å²) in [6.07, 6.45) is 1.34. The van der Waals surface area contributed by atoms with Gasteiger partial charge in [-0.1, -0.05) is 0 Å². The molecule has 0 bridgehead atoms. The molecule has 0 spiro atoms. The van der Waals surface area contributed by atoms with Crippen molar-refractivity contribution in [2.75, 3.05) is 17.6 Å². The van der Waals surface area contributed by atoms with Crippen LogP contribution in [0.1, 0.15) is 18.1 Å². The Balaban J connectivity index is 3.16. The fourth-order valence-electron chi connectivity index (χ4n) is 1.21. The summed E-state index contributed by atoms with van der Waals surface area (Å²) in [5, 5.41) is 10.4. The Hall–Kier alpha value is -1.51. The second-order valence-corrected chi connectivity index (χ2v) is 2.97. The van der Waals surface area contributed by atoms with Crippen molar-refractivity contribution in [3.05, 3.63) is 23.3 Å². The number of hydrogen-bond acceptors (Lipinski definition) is 3. The van der Waals surface area contributed by atoms with Crippen LogP contribution in [0.4, 0.5) is 11.4 Å². The molecule has 0 saturated heterocycles. The maximum absolute atomic E-state index is 7.22. The van der Waals surface area contributed by atoms with Gasteiger partial charge in [-0.05, 0) is 31.5 Å². The lowest BCUT2D eigenvalue weighted by Crippen LogP contribution is -2.02. The van der Waals surface area contributed by atoms with Crippen LogP contribution in [0.25, 0.3) is 0 Å². The third-order valence-electron chi connectivity index (χ3n) is 1.96. The van der Waals surface area contributed by atoms with E-state index < -0.39 is 0 Å². The average molecular weight is 177 g/mol. The molecule has 0 fully saturated rings. The zero-order chi connectivity index (χ0) is 9.84. The minimum absolute atomic E-state index is 0.765. The number of nitrogen functional groups attached to an aromatic ring is 1. The predicted molar refractivity (Wildman–Crippen MR) is 57.6 cm³/mol. The number of nitrogens with one attached hydrogen (secondary N) is 2. The van der Waals surface area contributed by atoms with Crippen molar-refractivity contribution < 1.29 is 0 Å². The van der Waals surface area contributed by atoms with Gasteiger partial charge in [0, 0.05) is 29.7 Å². The molecule has 0 atom stereocenters. The van der Waals surface area contributed by atoms with Gasteiger partial charge < -0.3 is 16.5 Å². The maximum atomic E-state index is 7.22. The fraction of sp³-hybridized carbons (Fsp3) is 0.300. The molecule has 0 aliphatic carbocycles. The van der Waals surface area contributed by atoms with Crippen molar-refractivity contribution in [2.45, 2.75) is 13.8 Å². The quantitative estimate of drug-likeness (QED) is 0.488. The summed E-state index contributed by atoms with van der Waals surface area (Å²) >= 11 is 0. The first-order valence-electron chi connectivity index (χ1n) is 4.33. The molecule has 13 heavy (non-hydrogen) atoms. The highest BCUT2D eigenvalue weighted by Gasteiger charge is 2.02. The number of hydrogen-bond donors (Lipinski definition) is 3. The van der Waals surface area contributed by atoms with Crippen LogP contribution in [0, 0.1) is 12.3 Å². The summed E-state index contributed by atoms with van der Waals surface area (Å²) < 4.78 is 0. The Morgan fingerprint density at radius 2 is 2.23 bits per heavy atom. The Bertz CT molecular complexity index is 318. The number of anilines is 2. The Kier molecular flexibility index (Phi) is 2.90. The topological polar surface area (TPSA) is 61.9 Å². The third kappa shape index (κ3) is 1.99. The molecule has 0 radical (unpaired) electrons. The molecule has 3 heteroatoms. The smallest absolute Gasteiger partial charge is 0.0449 e. The summed E-state index contributed by atoms with van der Waals surface area (Å²) in [6, 6.07) is 3.79. The minimum atomic E-state index is 0.765. The Morgan fingerprint density at radius 1 is 1.54 bits per heavy atom. The Morgan fingerprint density at radius 3 is 2.77 bits per heavy atom. The molecule has 0 amide bonds. The lowest BCUT2D eigenvalue weighted by Gasteiger charge is -2.10. The van der Waals surface area contributed by atoms with Gasteiger partial charge in [0.05, 0.1) is 0 Å². The van der Waals surface area contributed by atoms with E-state index in [4.69, 9.17) is 11.1 Å². The molecular weight excluding hydrogens is 162 g/mol. The summed E-state index contributed by atoms with van der Waals surface area (Å²) in [5.74, 6) is 0. The van der Waals surface area contributed by atoms with Gasteiger partial charge in [-0.15, -0.1) is 0 Å². The zero-order valence-electron chi connectivity index (χ0n) is 8.02. The minimum Gasteiger partial charge on any atom is -0.398 e. The molecule has 3 nitrogen and oxygen atoms in total. The highest BCUT2D eigenvalue weighted by Crippen LogP contribution is 2.21. The van der Waals surface area contributed by atoms with Crippen molar-refractivity contribution in [1.29, 1.82) is 5.41 Å². The van der Waals surface area contributed by atoms with Crippen LogP contribution < -0.4 is 11.1 Å². The monoisotopic (exact) mass is 177 g/mol. The van der Waals surface area contributed by atoms with E-state index in [1.165, 1.54) is 6.21 Å². The van der Waals surface area contributed by atoms with E-state index in [0.29, 0.717) is 0 Å². The van der Waals surface area contributed by atoms with Gasteiger partial charge in [0.1, 0.15) is 0 Å². The molecule has 0 heterocycles. The van der Waals surface area contributed by atoms with Gasteiger partial charge in [0.25, 0.3) is 0 Å². The van der Waals surface area contributed by atoms with E-state index in [1.807, 2.05) is 26.0 Å². The van der Waals surface area contributed by atoms with E-state index in [1.54, 1.807) is 0 Å². The number of benzene rings is 1. The highest BCUT2D eigenvalue weighted by atomic mass is 14.9. The van der Waals surface area contributed by atoms with Crippen molar-refractivity contribution in [3.63, 3.8) is 0 Å². The summed E-state index contributed by atoms with van der Waals surface area (Å²) in [4.78, 5) is 0. The Labute approximate surface area is 78.5 Å². The molecule has 0 aromatic heterocycles. The van der Waals surface area contributed by atoms with Crippen LogP contribution in [0.5, 0.6) is 0 Å². The molecule has 1 aromatic rings. The zero-order valence-corrected chi connectivity index (χ0v) is 8.02. The van der Waals surface area contributed by atoms with Crippen molar-refractivity contribution in [1.82, 2.24) is 0 Å². The molecule has 0 saturated carbocycles. The molecular formula is C10H15N3. The van der Waals surface area contributed by atoms with Gasteiger partial charge in [0.15, 0.2) is 0 Å². The summed E-state index contributed by atoms with van der Waals surface area (Å²) in [7, 11) is 0. The number of aryl methyl sites for hydroxylation is 1. The summed E-state index contributed by atoms with van der Waals surface area (Å²) in [6.45, 7) is 4.80. The second-order valence-electron chi connectivity index (χ2n) is 2.97. The average Bonchev–Trinajstić information content (AvgIpc) is 2.11. The van der Waals surface area contributed by atoms with Gasteiger partial charge in [-0.3, -0.25) is 0 Å². The van der Waals surface area contributed by atoms with Crippen molar-refractivity contribution >= 4 is 17.6 Å². The standard InChI is InChI=1S/C10H15N3/c1-3-13-10-5-9(12)7(2)4-8(10)6-11/h4-6,11,13H,3,12H2,1-2H3. The van der Waals surface area contributed by atoms with Crippen LogP contribution in [0.2, 0.25) is 0 Å².